The van der Waals surface area contributed by atoms with E-state index in [4.69, 9.17) is 9.72 Å². The zero-order valence-electron chi connectivity index (χ0n) is 20.9. The van der Waals surface area contributed by atoms with Gasteiger partial charge in [0.25, 0.3) is 5.91 Å². The van der Waals surface area contributed by atoms with Crippen molar-refractivity contribution < 1.29 is 9.53 Å². The van der Waals surface area contributed by atoms with Crippen molar-refractivity contribution in [2.75, 3.05) is 44.3 Å². The van der Waals surface area contributed by atoms with E-state index in [1.165, 1.54) is 16.7 Å². The summed E-state index contributed by atoms with van der Waals surface area (Å²) in [5, 5.41) is 0.784. The molecule has 2 heterocycles. The summed E-state index contributed by atoms with van der Waals surface area (Å²) >= 11 is 1.61. The van der Waals surface area contributed by atoms with E-state index in [9.17, 15) is 4.79 Å². The topological polar surface area (TPSA) is 45.7 Å². The van der Waals surface area contributed by atoms with Crippen LogP contribution in [-0.4, -0.2) is 55.2 Å². The normalized spacial score (nSPS) is 14.2. The Morgan fingerprint density at radius 1 is 0.972 bits per heavy atom. The monoisotopic (exact) mass is 499 g/mol. The van der Waals surface area contributed by atoms with Crippen molar-refractivity contribution in [1.29, 1.82) is 0 Å². The molecule has 36 heavy (non-hydrogen) atoms. The molecule has 0 unspecified atom stereocenters. The molecule has 186 valence electrons. The molecule has 1 aromatic heterocycles. The molecule has 0 bridgehead atoms. The molecule has 0 N–H and O–H groups in total. The third-order valence-corrected chi connectivity index (χ3v) is 7.80. The molecule has 1 aliphatic rings. The van der Waals surface area contributed by atoms with Gasteiger partial charge in [-0.25, -0.2) is 4.98 Å². The van der Waals surface area contributed by atoms with Gasteiger partial charge in [0.2, 0.25) is 0 Å². The van der Waals surface area contributed by atoms with Gasteiger partial charge in [-0.15, -0.1) is 0 Å². The number of thiazole rings is 1. The number of hydrogen-bond acceptors (Lipinski definition) is 5. The Balaban J connectivity index is 1.36. The number of nitrogens with zero attached hydrogens (tertiary/aromatic N) is 3. The van der Waals surface area contributed by atoms with Gasteiger partial charge in [0.15, 0.2) is 5.13 Å². The number of ether oxygens (including phenoxy) is 1. The number of aromatic nitrogens is 1. The first kappa shape index (κ1) is 24.6. The summed E-state index contributed by atoms with van der Waals surface area (Å²) in [5.74, 6) is 0.0142. The van der Waals surface area contributed by atoms with Crippen molar-refractivity contribution >= 4 is 32.6 Å². The lowest BCUT2D eigenvalue weighted by Gasteiger charge is -2.27. The largest absolute Gasteiger partial charge is 0.379 e. The number of carbonyl (C=O) groups excluding carboxylic acids is 1. The lowest BCUT2D eigenvalue weighted by Crippen LogP contribution is -2.39. The van der Waals surface area contributed by atoms with E-state index >= 15 is 0 Å². The van der Waals surface area contributed by atoms with E-state index in [1.807, 2.05) is 23.1 Å². The van der Waals surface area contributed by atoms with Crippen LogP contribution in [0.1, 0.15) is 40.4 Å². The Hall–Kier alpha value is -3.06. The van der Waals surface area contributed by atoms with E-state index < -0.39 is 0 Å². The van der Waals surface area contributed by atoms with Gasteiger partial charge in [0.05, 0.1) is 23.4 Å². The van der Waals surface area contributed by atoms with E-state index in [0.29, 0.717) is 12.1 Å². The first-order chi connectivity index (χ1) is 17.7. The Morgan fingerprint density at radius 3 is 2.47 bits per heavy atom. The van der Waals surface area contributed by atoms with Gasteiger partial charge in [-0.3, -0.25) is 14.6 Å². The van der Waals surface area contributed by atoms with Crippen molar-refractivity contribution in [3.63, 3.8) is 0 Å². The predicted molar refractivity (Wildman–Crippen MR) is 148 cm³/mol. The molecule has 5 nitrogen and oxygen atoms in total. The zero-order valence-corrected chi connectivity index (χ0v) is 21.7. The minimum Gasteiger partial charge on any atom is -0.379 e. The van der Waals surface area contributed by atoms with Crippen molar-refractivity contribution in [2.24, 2.45) is 0 Å². The number of benzene rings is 3. The fourth-order valence-electron chi connectivity index (χ4n) is 4.71. The number of carbonyl (C=O) groups is 1. The van der Waals surface area contributed by atoms with Gasteiger partial charge in [-0.05, 0) is 54.2 Å². The number of morpholine rings is 1. The molecule has 1 saturated heterocycles. The number of amides is 1. The summed E-state index contributed by atoms with van der Waals surface area (Å²) in [6.07, 6.45) is 2.68. The molecule has 0 spiro atoms. The minimum absolute atomic E-state index is 0.0142. The lowest BCUT2D eigenvalue weighted by molar-refractivity contribution is 0.0376. The van der Waals surface area contributed by atoms with E-state index in [0.717, 1.165) is 67.5 Å². The molecule has 1 fully saturated rings. The van der Waals surface area contributed by atoms with Crippen LogP contribution in [0.3, 0.4) is 0 Å². The van der Waals surface area contributed by atoms with Crippen LogP contribution < -0.4 is 4.90 Å². The molecule has 6 heteroatoms. The number of hydrogen-bond donors (Lipinski definition) is 0. The lowest BCUT2D eigenvalue weighted by atomic mass is 10.0. The standard InChI is InChI=1S/C30H33N3O2S/c1-2-25-10-6-11-27-28(25)31-30(36-27)33(17-7-16-32-18-20-35-21-19-32)29(34)26-14-12-24(13-15-26)22-23-8-4-3-5-9-23/h3-6,8-15H,2,7,16-22H2,1H3. The van der Waals surface area contributed by atoms with Crippen molar-refractivity contribution in [3.8, 4) is 0 Å². The van der Waals surface area contributed by atoms with Crippen LogP contribution in [0.5, 0.6) is 0 Å². The van der Waals surface area contributed by atoms with E-state index in [2.05, 4.69) is 66.4 Å². The van der Waals surface area contributed by atoms with Crippen LogP contribution in [0.15, 0.2) is 72.8 Å². The second-order valence-electron chi connectivity index (χ2n) is 9.24. The molecule has 0 aliphatic carbocycles. The van der Waals surface area contributed by atoms with Gasteiger partial charge in [0, 0.05) is 31.7 Å². The number of anilines is 1. The molecular weight excluding hydrogens is 466 g/mol. The molecule has 5 rings (SSSR count). The maximum atomic E-state index is 13.8. The predicted octanol–water partition coefficient (Wildman–Crippen LogP) is 5.82. The summed E-state index contributed by atoms with van der Waals surface area (Å²) in [5.41, 5.74) is 5.41. The Labute approximate surface area is 217 Å². The van der Waals surface area contributed by atoms with Gasteiger partial charge >= 0.3 is 0 Å². The van der Waals surface area contributed by atoms with Crippen LogP contribution in [0.4, 0.5) is 5.13 Å². The van der Waals surface area contributed by atoms with Gasteiger partial charge in [-0.1, -0.05) is 72.9 Å². The second kappa shape index (κ2) is 11.8. The second-order valence-corrected chi connectivity index (χ2v) is 10.2. The number of para-hydroxylation sites is 1. The average molecular weight is 500 g/mol. The fourth-order valence-corrected chi connectivity index (χ4v) is 5.75. The van der Waals surface area contributed by atoms with Gasteiger partial charge in [-0.2, -0.15) is 0 Å². The van der Waals surface area contributed by atoms with Crippen LogP contribution in [0, 0.1) is 0 Å². The van der Waals surface area contributed by atoms with Crippen LogP contribution in [0.2, 0.25) is 0 Å². The van der Waals surface area contributed by atoms with Crippen molar-refractivity contribution in [3.05, 3.63) is 95.1 Å². The van der Waals surface area contributed by atoms with E-state index in [1.54, 1.807) is 11.3 Å². The highest BCUT2D eigenvalue weighted by atomic mass is 32.1. The van der Waals surface area contributed by atoms with Crippen LogP contribution in [0.25, 0.3) is 10.2 Å². The Kier molecular flexibility index (Phi) is 8.06. The SMILES string of the molecule is CCc1cccc2sc(N(CCCN3CCOCC3)C(=O)c3ccc(Cc4ccccc4)cc3)nc12. The maximum Gasteiger partial charge on any atom is 0.260 e. The Morgan fingerprint density at radius 2 is 1.72 bits per heavy atom. The van der Waals surface area contributed by atoms with Crippen molar-refractivity contribution in [1.82, 2.24) is 9.88 Å². The molecule has 0 saturated carbocycles. The maximum absolute atomic E-state index is 13.8. The quantitative estimate of drug-likeness (QED) is 0.291. The van der Waals surface area contributed by atoms with Gasteiger partial charge < -0.3 is 4.74 Å². The molecule has 0 atom stereocenters. The molecule has 4 aromatic rings. The number of fused-ring (bicyclic) bond motifs is 1. The summed E-state index contributed by atoms with van der Waals surface area (Å²) in [6, 6.07) is 24.8. The summed E-state index contributed by atoms with van der Waals surface area (Å²) in [7, 11) is 0. The molecule has 0 radical (unpaired) electrons. The highest BCUT2D eigenvalue weighted by Crippen LogP contribution is 2.32. The number of rotatable bonds is 9. The molecule has 3 aromatic carbocycles. The summed E-state index contributed by atoms with van der Waals surface area (Å²) < 4.78 is 6.61. The van der Waals surface area contributed by atoms with E-state index in [-0.39, 0.29) is 5.91 Å². The smallest absolute Gasteiger partial charge is 0.260 e. The number of aryl methyl sites for hydroxylation is 1. The van der Waals surface area contributed by atoms with Gasteiger partial charge in [0.1, 0.15) is 0 Å². The Bertz CT molecular complexity index is 1280. The van der Waals surface area contributed by atoms with Crippen LogP contribution >= 0.6 is 11.3 Å². The minimum atomic E-state index is 0.0142. The highest BCUT2D eigenvalue weighted by Gasteiger charge is 2.22. The third kappa shape index (κ3) is 5.84. The molecule has 1 aliphatic heterocycles. The first-order valence-electron chi connectivity index (χ1n) is 12.8. The molecule has 1 amide bonds. The fraction of sp³-hybridized carbons (Fsp3) is 0.333. The summed E-state index contributed by atoms with van der Waals surface area (Å²) in [4.78, 5) is 23.0. The van der Waals surface area contributed by atoms with Crippen LogP contribution in [-0.2, 0) is 17.6 Å². The summed E-state index contributed by atoms with van der Waals surface area (Å²) in [6.45, 7) is 7.23. The average Bonchev–Trinajstić information content (AvgIpc) is 3.36. The zero-order chi connectivity index (χ0) is 24.7. The highest BCUT2D eigenvalue weighted by molar-refractivity contribution is 7.22. The molecular formula is C30H33N3O2S. The third-order valence-electron chi connectivity index (χ3n) is 6.76. The first-order valence-corrected chi connectivity index (χ1v) is 13.7. The van der Waals surface area contributed by atoms with Crippen molar-refractivity contribution in [2.45, 2.75) is 26.2 Å².